The molecule has 0 aliphatic rings. The van der Waals surface area contributed by atoms with Crippen molar-refractivity contribution in [3.63, 3.8) is 0 Å². The number of carbonyl (C=O) groups is 3. The number of hydrogen-bond acceptors (Lipinski definition) is 5. The van der Waals surface area contributed by atoms with Crippen molar-refractivity contribution in [3.8, 4) is 5.75 Å². The lowest BCUT2D eigenvalue weighted by molar-refractivity contribution is -0.144. The maximum Gasteiger partial charge on any atom is 0.408 e. The van der Waals surface area contributed by atoms with Gasteiger partial charge in [-0.1, -0.05) is 6.07 Å². The van der Waals surface area contributed by atoms with Crippen LogP contribution in [0.3, 0.4) is 0 Å². The summed E-state index contributed by atoms with van der Waals surface area (Å²) in [5, 5.41) is 15.3. The number of aromatic hydroxyl groups is 1. The Morgan fingerprint density at radius 3 is 2.06 bits per heavy atom. The number of amides is 3. The first kappa shape index (κ1) is 26.3. The van der Waals surface area contributed by atoms with Crippen LogP contribution >= 0.6 is 0 Å². The summed E-state index contributed by atoms with van der Waals surface area (Å²) < 4.78 is 5.25. The van der Waals surface area contributed by atoms with E-state index in [1.165, 1.54) is 11.0 Å². The number of rotatable bonds is 7. The predicted octanol–water partition coefficient (Wildman–Crippen LogP) is 3.42. The Morgan fingerprint density at radius 2 is 1.61 bits per heavy atom. The Hall–Kier alpha value is -2.77. The van der Waals surface area contributed by atoms with Gasteiger partial charge in [0.25, 0.3) is 0 Å². The molecule has 31 heavy (non-hydrogen) atoms. The van der Waals surface area contributed by atoms with Crippen LogP contribution in [-0.4, -0.2) is 51.6 Å². The number of aryl methyl sites for hydroxylation is 1. The number of benzene rings is 1. The number of phenols is 1. The molecule has 8 heteroatoms. The number of nitrogens with one attached hydrogen (secondary N) is 2. The van der Waals surface area contributed by atoms with E-state index in [0.717, 1.165) is 0 Å². The van der Waals surface area contributed by atoms with Gasteiger partial charge in [-0.05, 0) is 85.6 Å². The molecule has 0 saturated heterocycles. The Balaban J connectivity index is 3.31. The number of phenolic OH excluding ortho intramolecular Hbond substituents is 1. The highest BCUT2D eigenvalue weighted by atomic mass is 16.6. The summed E-state index contributed by atoms with van der Waals surface area (Å²) in [5.41, 5.74) is 0.462. The fourth-order valence-electron chi connectivity index (χ4n) is 3.10. The van der Waals surface area contributed by atoms with Gasteiger partial charge in [0.05, 0.1) is 0 Å². The maximum atomic E-state index is 13.4. The molecule has 8 nitrogen and oxygen atoms in total. The molecule has 0 aliphatic heterocycles. The van der Waals surface area contributed by atoms with E-state index in [4.69, 9.17) is 4.74 Å². The van der Waals surface area contributed by atoms with E-state index in [-0.39, 0.29) is 23.7 Å². The Morgan fingerprint density at radius 1 is 1.03 bits per heavy atom. The zero-order valence-electron chi connectivity index (χ0n) is 20.1. The molecule has 0 saturated carbocycles. The smallest absolute Gasteiger partial charge is 0.408 e. The van der Waals surface area contributed by atoms with Crippen molar-refractivity contribution in [1.29, 1.82) is 0 Å². The Bertz CT molecular complexity index is 799. The van der Waals surface area contributed by atoms with E-state index in [0.29, 0.717) is 11.1 Å². The molecule has 0 radical (unpaired) electrons. The molecular weight excluding hydrogens is 398 g/mol. The Kier molecular flexibility index (Phi) is 8.90. The second kappa shape index (κ2) is 10.5. The molecule has 0 aromatic heterocycles. The summed E-state index contributed by atoms with van der Waals surface area (Å²) in [4.78, 5) is 40.1. The number of alkyl carbamates (subject to hydrolysis) is 1. The summed E-state index contributed by atoms with van der Waals surface area (Å²) in [5.74, 6) is -0.656. The summed E-state index contributed by atoms with van der Waals surface area (Å²) in [7, 11) is 0. The zero-order valence-corrected chi connectivity index (χ0v) is 20.1. The highest BCUT2D eigenvalue weighted by Gasteiger charge is 2.36. The third-order valence-corrected chi connectivity index (χ3v) is 4.41. The molecule has 3 amide bonds. The van der Waals surface area contributed by atoms with E-state index in [2.05, 4.69) is 10.6 Å². The number of nitrogens with zero attached hydrogens (tertiary/aromatic N) is 1. The Labute approximate surface area is 185 Å². The number of hydrogen-bond donors (Lipinski definition) is 3. The lowest BCUT2D eigenvalue weighted by Gasteiger charge is -2.37. The lowest BCUT2D eigenvalue weighted by atomic mass is 9.99. The lowest BCUT2D eigenvalue weighted by Crippen LogP contribution is -2.54. The van der Waals surface area contributed by atoms with Crippen LogP contribution in [0.1, 0.15) is 72.6 Å². The summed E-state index contributed by atoms with van der Waals surface area (Å²) in [6.45, 7) is 15.8. The van der Waals surface area contributed by atoms with Crippen LogP contribution < -0.4 is 10.6 Å². The van der Waals surface area contributed by atoms with Crippen molar-refractivity contribution in [2.45, 2.75) is 92.1 Å². The monoisotopic (exact) mass is 435 g/mol. The minimum atomic E-state index is -0.933. The molecular formula is C23H37N3O5. The van der Waals surface area contributed by atoms with Gasteiger partial charge < -0.3 is 25.4 Å². The minimum Gasteiger partial charge on any atom is -0.508 e. The van der Waals surface area contributed by atoms with Gasteiger partial charge in [0.1, 0.15) is 23.4 Å². The quantitative estimate of drug-likeness (QED) is 0.608. The molecule has 0 aliphatic carbocycles. The average Bonchev–Trinajstić information content (AvgIpc) is 2.58. The largest absolute Gasteiger partial charge is 0.508 e. The van der Waals surface area contributed by atoms with Gasteiger partial charge in [-0.3, -0.25) is 9.59 Å². The predicted molar refractivity (Wildman–Crippen MR) is 120 cm³/mol. The highest BCUT2D eigenvalue weighted by Crippen LogP contribution is 2.28. The normalized spacial score (nSPS) is 13.5. The van der Waals surface area contributed by atoms with Crippen LogP contribution in [0.4, 0.5) is 4.79 Å². The van der Waals surface area contributed by atoms with Crippen LogP contribution in [0.25, 0.3) is 0 Å². The van der Waals surface area contributed by atoms with Crippen molar-refractivity contribution in [2.75, 3.05) is 0 Å². The third kappa shape index (κ3) is 7.77. The van der Waals surface area contributed by atoms with Gasteiger partial charge in [0, 0.05) is 12.1 Å². The molecule has 1 rings (SSSR count). The first-order valence-electron chi connectivity index (χ1n) is 10.6. The molecule has 1 aromatic carbocycles. The molecule has 1 aromatic rings. The van der Waals surface area contributed by atoms with Crippen molar-refractivity contribution >= 4 is 17.9 Å². The third-order valence-electron chi connectivity index (χ3n) is 4.41. The number of ether oxygens (including phenoxy) is 1. The second-order valence-corrected chi connectivity index (χ2v) is 9.32. The minimum absolute atomic E-state index is 0.106. The van der Waals surface area contributed by atoms with E-state index in [1.807, 2.05) is 13.8 Å². The molecule has 0 fully saturated rings. The van der Waals surface area contributed by atoms with Crippen LogP contribution in [-0.2, 0) is 14.3 Å². The van der Waals surface area contributed by atoms with Gasteiger partial charge in [-0.25, -0.2) is 4.79 Å². The zero-order chi connectivity index (χ0) is 24.1. The fourth-order valence-corrected chi connectivity index (χ4v) is 3.10. The molecule has 0 spiro atoms. The topological polar surface area (TPSA) is 108 Å². The molecule has 3 N–H and O–H groups in total. The molecule has 2 atom stereocenters. The summed E-state index contributed by atoms with van der Waals surface area (Å²) in [6.07, 6.45) is -0.708. The fraction of sp³-hybridized carbons (Fsp3) is 0.609. The first-order valence-corrected chi connectivity index (χ1v) is 10.6. The molecule has 2 unspecified atom stereocenters. The van der Waals surface area contributed by atoms with Crippen molar-refractivity contribution < 1.29 is 24.2 Å². The number of carbonyl (C=O) groups excluding carboxylic acids is 3. The maximum absolute atomic E-state index is 13.4. The van der Waals surface area contributed by atoms with E-state index >= 15 is 0 Å². The standard InChI is InChI=1S/C23H37N3O5/c1-13(2)24-20(28)19(17-10-11-18(27)15(5)12-17)26(14(3)4)21(29)16(6)25-22(30)31-23(7,8)9/h10-14,16,19,27H,1-9H3,(H,24,28)(H,25,30). The van der Waals surface area contributed by atoms with Gasteiger partial charge in [-0.15, -0.1) is 0 Å². The summed E-state index contributed by atoms with van der Waals surface area (Å²) in [6, 6.07) is 2.51. The van der Waals surface area contributed by atoms with Crippen LogP contribution in [0.15, 0.2) is 18.2 Å². The van der Waals surface area contributed by atoms with E-state index in [1.54, 1.807) is 60.6 Å². The molecule has 174 valence electrons. The second-order valence-electron chi connectivity index (χ2n) is 9.32. The van der Waals surface area contributed by atoms with Crippen molar-refractivity contribution in [2.24, 2.45) is 0 Å². The van der Waals surface area contributed by atoms with E-state index < -0.39 is 29.7 Å². The van der Waals surface area contributed by atoms with Crippen LogP contribution in [0.5, 0.6) is 5.75 Å². The first-order chi connectivity index (χ1) is 14.1. The van der Waals surface area contributed by atoms with E-state index in [9.17, 15) is 19.5 Å². The highest BCUT2D eigenvalue weighted by molar-refractivity contribution is 5.92. The van der Waals surface area contributed by atoms with Crippen molar-refractivity contribution in [3.05, 3.63) is 29.3 Å². The van der Waals surface area contributed by atoms with Gasteiger partial charge >= 0.3 is 6.09 Å². The van der Waals surface area contributed by atoms with Crippen molar-refractivity contribution in [1.82, 2.24) is 15.5 Å². The SMILES string of the molecule is Cc1cc(C(C(=O)NC(C)C)N(C(=O)C(C)NC(=O)OC(C)(C)C)C(C)C)ccc1O. The van der Waals surface area contributed by atoms with Gasteiger partial charge in [0.2, 0.25) is 11.8 Å². The average molecular weight is 436 g/mol. The van der Waals surface area contributed by atoms with Crippen LogP contribution in [0.2, 0.25) is 0 Å². The molecule has 0 heterocycles. The van der Waals surface area contributed by atoms with Gasteiger partial charge in [-0.2, -0.15) is 0 Å². The summed E-state index contributed by atoms with van der Waals surface area (Å²) >= 11 is 0. The van der Waals surface area contributed by atoms with Gasteiger partial charge in [0.15, 0.2) is 0 Å². The molecule has 0 bridgehead atoms. The van der Waals surface area contributed by atoms with Crippen LogP contribution in [0, 0.1) is 6.92 Å².